The molecule has 2 aromatic heterocycles. The van der Waals surface area contributed by atoms with Crippen LogP contribution in [0.5, 0.6) is 0 Å². The molecule has 0 aromatic carbocycles. The van der Waals surface area contributed by atoms with Crippen molar-refractivity contribution >= 4 is 0 Å². The molecule has 0 aliphatic carbocycles. The van der Waals surface area contributed by atoms with Gasteiger partial charge in [0.05, 0.1) is 0 Å². The third-order valence-electron chi connectivity index (χ3n) is 2.76. The first kappa shape index (κ1) is 12.8. The van der Waals surface area contributed by atoms with Crippen LogP contribution >= 0.6 is 0 Å². The molecule has 6 nitrogen and oxygen atoms in total. The van der Waals surface area contributed by atoms with Gasteiger partial charge in [0.1, 0.15) is 5.69 Å². The Hall–Kier alpha value is -1.69. The van der Waals surface area contributed by atoms with Gasteiger partial charge in [0.2, 0.25) is 11.7 Å². The maximum Gasteiger partial charge on any atom is 0.227 e. The fourth-order valence-corrected chi connectivity index (χ4v) is 1.77. The predicted octanol–water partition coefficient (Wildman–Crippen LogP) is 1.53. The molecule has 2 heterocycles. The Morgan fingerprint density at radius 1 is 1.28 bits per heavy atom. The van der Waals surface area contributed by atoms with Gasteiger partial charge in [-0.25, -0.2) is 0 Å². The van der Waals surface area contributed by atoms with Crippen LogP contribution in [-0.4, -0.2) is 26.5 Å². The second-order valence-electron chi connectivity index (χ2n) is 4.34. The van der Waals surface area contributed by atoms with Crippen molar-refractivity contribution in [2.45, 2.75) is 32.1 Å². The molecule has 0 fully saturated rings. The van der Waals surface area contributed by atoms with E-state index >= 15 is 0 Å². The van der Waals surface area contributed by atoms with E-state index < -0.39 is 0 Å². The zero-order valence-corrected chi connectivity index (χ0v) is 10.7. The molecule has 0 amide bonds. The number of hydrogen-bond donors (Lipinski definition) is 1. The van der Waals surface area contributed by atoms with Gasteiger partial charge >= 0.3 is 0 Å². The van der Waals surface area contributed by atoms with Crippen molar-refractivity contribution in [1.29, 1.82) is 0 Å². The maximum absolute atomic E-state index is 5.44. The van der Waals surface area contributed by atoms with E-state index in [0.717, 1.165) is 44.3 Å². The first-order chi connectivity index (χ1) is 8.79. The molecule has 0 aliphatic rings. The summed E-state index contributed by atoms with van der Waals surface area (Å²) in [5, 5.41) is 8.17. The number of nitrogens with two attached hydrogens (primary N) is 1. The molecular formula is C12H19N5O. The van der Waals surface area contributed by atoms with Gasteiger partial charge in [0.15, 0.2) is 0 Å². The summed E-state index contributed by atoms with van der Waals surface area (Å²) in [7, 11) is 1.86. The minimum absolute atomic E-state index is 0.563. The van der Waals surface area contributed by atoms with Crippen LogP contribution in [0.4, 0.5) is 0 Å². The van der Waals surface area contributed by atoms with E-state index in [0.29, 0.717) is 11.7 Å². The molecule has 0 aliphatic heterocycles. The van der Waals surface area contributed by atoms with Gasteiger partial charge in [-0.2, -0.15) is 10.1 Å². The Kier molecular flexibility index (Phi) is 4.46. The van der Waals surface area contributed by atoms with Gasteiger partial charge in [-0.1, -0.05) is 18.0 Å². The molecule has 2 rings (SSSR count). The highest BCUT2D eigenvalue weighted by molar-refractivity contribution is 5.46. The molecule has 2 N–H and O–H groups in total. The van der Waals surface area contributed by atoms with Crippen LogP contribution in [0.1, 0.15) is 31.6 Å². The molecule has 0 spiro atoms. The molecule has 2 aromatic rings. The number of unbranched alkanes of at least 4 members (excludes halogenated alkanes) is 3. The average Bonchev–Trinajstić information content (AvgIpc) is 2.97. The zero-order chi connectivity index (χ0) is 12.8. The lowest BCUT2D eigenvalue weighted by Crippen LogP contribution is -1.97. The Balaban J connectivity index is 1.83. The molecule has 18 heavy (non-hydrogen) atoms. The number of nitrogens with zero attached hydrogens (tertiary/aromatic N) is 4. The SMILES string of the molecule is Cn1ccc(-c2noc(CCCCCCN)n2)n1. The van der Waals surface area contributed by atoms with Crippen molar-refractivity contribution in [3.8, 4) is 11.5 Å². The Labute approximate surface area is 106 Å². The summed E-state index contributed by atoms with van der Waals surface area (Å²) in [6.45, 7) is 0.768. The van der Waals surface area contributed by atoms with Gasteiger partial charge in [0, 0.05) is 19.7 Å². The van der Waals surface area contributed by atoms with Gasteiger partial charge in [-0.05, 0) is 25.5 Å². The second-order valence-corrected chi connectivity index (χ2v) is 4.34. The van der Waals surface area contributed by atoms with Crippen molar-refractivity contribution in [2.75, 3.05) is 6.54 Å². The fraction of sp³-hybridized carbons (Fsp3) is 0.583. The standard InChI is InChI=1S/C12H19N5O/c1-17-9-7-10(15-17)12-14-11(18-16-12)6-4-2-3-5-8-13/h7,9H,2-6,8,13H2,1H3. The van der Waals surface area contributed by atoms with Crippen LogP contribution in [0.25, 0.3) is 11.5 Å². The van der Waals surface area contributed by atoms with Gasteiger partial charge in [0.25, 0.3) is 0 Å². The van der Waals surface area contributed by atoms with Gasteiger partial charge < -0.3 is 10.3 Å². The third-order valence-corrected chi connectivity index (χ3v) is 2.76. The van der Waals surface area contributed by atoms with E-state index in [-0.39, 0.29) is 0 Å². The van der Waals surface area contributed by atoms with E-state index in [1.807, 2.05) is 19.3 Å². The first-order valence-electron chi connectivity index (χ1n) is 6.32. The largest absolute Gasteiger partial charge is 0.339 e. The van der Waals surface area contributed by atoms with Crippen LogP contribution < -0.4 is 5.73 Å². The molecule has 0 unspecified atom stereocenters. The quantitative estimate of drug-likeness (QED) is 0.752. The molecular weight excluding hydrogens is 230 g/mol. The molecule has 0 saturated heterocycles. The Morgan fingerprint density at radius 3 is 2.83 bits per heavy atom. The average molecular weight is 249 g/mol. The molecule has 0 radical (unpaired) electrons. The van der Waals surface area contributed by atoms with Crippen LogP contribution in [-0.2, 0) is 13.5 Å². The van der Waals surface area contributed by atoms with Crippen LogP contribution in [0.3, 0.4) is 0 Å². The van der Waals surface area contributed by atoms with E-state index in [9.17, 15) is 0 Å². The summed E-state index contributed by atoms with van der Waals surface area (Å²) >= 11 is 0. The summed E-state index contributed by atoms with van der Waals surface area (Å²) in [6, 6.07) is 1.87. The van der Waals surface area contributed by atoms with Crippen LogP contribution in [0.15, 0.2) is 16.8 Å². The highest BCUT2D eigenvalue weighted by Crippen LogP contribution is 2.14. The summed E-state index contributed by atoms with van der Waals surface area (Å²) in [4.78, 5) is 4.33. The number of aromatic nitrogens is 4. The van der Waals surface area contributed by atoms with E-state index in [4.69, 9.17) is 10.3 Å². The molecule has 0 atom stereocenters. The second kappa shape index (κ2) is 6.30. The lowest BCUT2D eigenvalue weighted by Gasteiger charge is -1.95. The summed E-state index contributed by atoms with van der Waals surface area (Å²) in [6.07, 6.45) is 7.14. The molecule has 0 bridgehead atoms. The fourth-order valence-electron chi connectivity index (χ4n) is 1.77. The summed E-state index contributed by atoms with van der Waals surface area (Å²) < 4.78 is 6.92. The minimum Gasteiger partial charge on any atom is -0.339 e. The van der Waals surface area contributed by atoms with Crippen LogP contribution in [0, 0.1) is 0 Å². The highest BCUT2D eigenvalue weighted by atomic mass is 16.5. The third kappa shape index (κ3) is 3.40. The topological polar surface area (TPSA) is 82.8 Å². The van der Waals surface area contributed by atoms with Crippen molar-refractivity contribution in [1.82, 2.24) is 19.9 Å². The Bertz CT molecular complexity index is 476. The highest BCUT2D eigenvalue weighted by Gasteiger charge is 2.10. The Morgan fingerprint density at radius 2 is 2.11 bits per heavy atom. The lowest BCUT2D eigenvalue weighted by molar-refractivity contribution is 0.374. The smallest absolute Gasteiger partial charge is 0.227 e. The van der Waals surface area contributed by atoms with E-state index in [2.05, 4.69) is 15.2 Å². The summed E-state index contributed by atoms with van der Waals surface area (Å²) in [5.74, 6) is 1.25. The first-order valence-corrected chi connectivity index (χ1v) is 6.32. The maximum atomic E-state index is 5.44. The zero-order valence-electron chi connectivity index (χ0n) is 10.7. The molecule has 6 heteroatoms. The number of aryl methyl sites for hydroxylation is 2. The normalized spacial score (nSPS) is 11.0. The van der Waals surface area contributed by atoms with Crippen molar-refractivity contribution in [2.24, 2.45) is 12.8 Å². The van der Waals surface area contributed by atoms with Gasteiger partial charge in [-0.3, -0.25) is 4.68 Å². The van der Waals surface area contributed by atoms with Gasteiger partial charge in [-0.15, -0.1) is 0 Å². The van der Waals surface area contributed by atoms with Crippen molar-refractivity contribution in [3.63, 3.8) is 0 Å². The van der Waals surface area contributed by atoms with E-state index in [1.54, 1.807) is 4.68 Å². The molecule has 0 saturated carbocycles. The van der Waals surface area contributed by atoms with Crippen molar-refractivity contribution in [3.05, 3.63) is 18.2 Å². The predicted molar refractivity (Wildman–Crippen MR) is 67.7 cm³/mol. The van der Waals surface area contributed by atoms with Crippen LogP contribution in [0.2, 0.25) is 0 Å². The minimum atomic E-state index is 0.563. The van der Waals surface area contributed by atoms with Crippen molar-refractivity contribution < 1.29 is 4.52 Å². The number of hydrogen-bond acceptors (Lipinski definition) is 5. The summed E-state index contributed by atoms with van der Waals surface area (Å²) in [5.41, 5.74) is 6.19. The lowest BCUT2D eigenvalue weighted by atomic mass is 10.1. The monoisotopic (exact) mass is 249 g/mol. The number of rotatable bonds is 7. The van der Waals surface area contributed by atoms with E-state index in [1.165, 1.54) is 0 Å². The molecule has 98 valence electrons.